The molecule has 2 aliphatic rings. The number of fused-ring (bicyclic) bond motifs is 1. The SMILES string of the molecule is COc1cc(-c2cnc3cc(OCC(N)C4CCOC4)ccn23)cc(OC(F)F)c1C(=O)NC1CC1. The molecule has 2 fully saturated rings. The predicted molar refractivity (Wildman–Crippen MR) is 127 cm³/mol. The van der Waals surface area contributed by atoms with Crippen LogP contribution in [0.4, 0.5) is 8.78 Å². The second-order valence-corrected chi connectivity index (χ2v) is 9.01. The first-order chi connectivity index (χ1) is 17.4. The molecule has 3 aromatic rings. The van der Waals surface area contributed by atoms with E-state index in [2.05, 4.69) is 10.3 Å². The van der Waals surface area contributed by atoms with E-state index >= 15 is 0 Å². The predicted octanol–water partition coefficient (Wildman–Crippen LogP) is 3.25. The number of carbonyl (C=O) groups excluding carboxylic acids is 1. The molecule has 0 bridgehead atoms. The van der Waals surface area contributed by atoms with Crippen molar-refractivity contribution in [2.45, 2.75) is 38.0 Å². The lowest BCUT2D eigenvalue weighted by Gasteiger charge is -2.18. The quantitative estimate of drug-likeness (QED) is 0.438. The van der Waals surface area contributed by atoms with E-state index in [1.54, 1.807) is 35.0 Å². The van der Waals surface area contributed by atoms with Crippen LogP contribution < -0.4 is 25.3 Å². The molecule has 1 amide bonds. The lowest BCUT2D eigenvalue weighted by molar-refractivity contribution is -0.0502. The summed E-state index contributed by atoms with van der Waals surface area (Å²) in [5, 5.41) is 2.79. The Morgan fingerprint density at radius 3 is 2.78 bits per heavy atom. The van der Waals surface area contributed by atoms with E-state index in [0.717, 1.165) is 25.9 Å². The molecule has 0 radical (unpaired) electrons. The van der Waals surface area contributed by atoms with Crippen LogP contribution in [0.25, 0.3) is 16.9 Å². The molecule has 36 heavy (non-hydrogen) atoms. The number of halogens is 2. The third-order valence-corrected chi connectivity index (χ3v) is 6.43. The zero-order valence-corrected chi connectivity index (χ0v) is 19.8. The van der Waals surface area contributed by atoms with Gasteiger partial charge in [-0.05, 0) is 37.5 Å². The molecule has 3 N–H and O–H groups in total. The smallest absolute Gasteiger partial charge is 0.387 e. The van der Waals surface area contributed by atoms with Crippen LogP contribution in [0, 0.1) is 5.92 Å². The number of methoxy groups -OCH3 is 1. The number of benzene rings is 1. The van der Waals surface area contributed by atoms with Gasteiger partial charge in [0.1, 0.15) is 35.1 Å². The summed E-state index contributed by atoms with van der Waals surface area (Å²) in [4.78, 5) is 17.2. The van der Waals surface area contributed by atoms with Crippen molar-refractivity contribution in [3.8, 4) is 28.5 Å². The van der Waals surface area contributed by atoms with Gasteiger partial charge in [-0.15, -0.1) is 0 Å². The van der Waals surface area contributed by atoms with Crippen LogP contribution in [0.2, 0.25) is 0 Å². The number of nitrogens with two attached hydrogens (primary N) is 1. The second-order valence-electron chi connectivity index (χ2n) is 9.01. The molecule has 192 valence electrons. The molecular weight excluding hydrogens is 474 g/mol. The number of hydrogen-bond donors (Lipinski definition) is 2. The zero-order valence-electron chi connectivity index (χ0n) is 19.8. The summed E-state index contributed by atoms with van der Waals surface area (Å²) in [5.74, 6) is 0.235. The highest BCUT2D eigenvalue weighted by Crippen LogP contribution is 2.37. The highest BCUT2D eigenvalue weighted by atomic mass is 19.3. The molecule has 1 saturated heterocycles. The molecular formula is C25H28F2N4O5. The summed E-state index contributed by atoms with van der Waals surface area (Å²) in [6, 6.07) is 6.46. The number of amides is 1. The number of aromatic nitrogens is 2. The maximum absolute atomic E-state index is 13.2. The van der Waals surface area contributed by atoms with Crippen molar-refractivity contribution >= 4 is 11.6 Å². The van der Waals surface area contributed by atoms with Gasteiger partial charge in [0.2, 0.25) is 0 Å². The maximum Gasteiger partial charge on any atom is 0.387 e. The van der Waals surface area contributed by atoms with Crippen molar-refractivity contribution in [3.05, 3.63) is 42.2 Å². The first-order valence-corrected chi connectivity index (χ1v) is 11.8. The van der Waals surface area contributed by atoms with Gasteiger partial charge in [-0.2, -0.15) is 8.78 Å². The lowest BCUT2D eigenvalue weighted by atomic mass is 10.0. The van der Waals surface area contributed by atoms with E-state index in [4.69, 9.17) is 24.7 Å². The standard InChI is InChI=1S/C25H28F2N4O5/c1-33-20-8-15(9-21(36-25(26)27)23(20)24(32)30-16-2-3-16)19-11-29-22-10-17(4-6-31(19)22)35-13-18(28)14-5-7-34-12-14/h4,6,8-11,14,16,18,25H,2-3,5,7,12-13,28H2,1H3,(H,30,32). The number of carbonyl (C=O) groups is 1. The number of rotatable bonds is 10. The van der Waals surface area contributed by atoms with Crippen molar-refractivity contribution < 1.29 is 32.5 Å². The van der Waals surface area contributed by atoms with E-state index in [9.17, 15) is 13.6 Å². The average molecular weight is 503 g/mol. The molecule has 1 aliphatic heterocycles. The lowest BCUT2D eigenvalue weighted by Crippen LogP contribution is -2.36. The van der Waals surface area contributed by atoms with Crippen molar-refractivity contribution in [2.24, 2.45) is 11.7 Å². The molecule has 3 heterocycles. The van der Waals surface area contributed by atoms with Crippen LogP contribution >= 0.6 is 0 Å². The van der Waals surface area contributed by atoms with Gasteiger partial charge in [-0.3, -0.25) is 9.20 Å². The Hall–Kier alpha value is -3.44. The van der Waals surface area contributed by atoms with Crippen LogP contribution in [-0.2, 0) is 4.74 Å². The van der Waals surface area contributed by atoms with E-state index in [1.165, 1.54) is 13.2 Å². The summed E-state index contributed by atoms with van der Waals surface area (Å²) in [6.07, 6.45) is 6.00. The Balaban J connectivity index is 1.42. The van der Waals surface area contributed by atoms with Crippen LogP contribution in [0.15, 0.2) is 36.7 Å². The van der Waals surface area contributed by atoms with Crippen LogP contribution in [0.3, 0.4) is 0 Å². The van der Waals surface area contributed by atoms with E-state index < -0.39 is 12.5 Å². The minimum atomic E-state index is -3.11. The normalized spacial score (nSPS) is 18.4. The minimum absolute atomic E-state index is 0.0394. The molecule has 2 atom stereocenters. The number of imidazole rings is 1. The number of ether oxygens (including phenoxy) is 4. The van der Waals surface area contributed by atoms with E-state index in [0.29, 0.717) is 35.9 Å². The highest BCUT2D eigenvalue weighted by Gasteiger charge is 2.29. The summed E-state index contributed by atoms with van der Waals surface area (Å²) >= 11 is 0. The second kappa shape index (κ2) is 10.3. The highest BCUT2D eigenvalue weighted by molar-refractivity contribution is 6.01. The van der Waals surface area contributed by atoms with Crippen molar-refractivity contribution in [3.63, 3.8) is 0 Å². The number of alkyl halides is 2. The Kier molecular flexibility index (Phi) is 6.92. The number of pyridine rings is 1. The molecule has 1 saturated carbocycles. The monoisotopic (exact) mass is 502 g/mol. The van der Waals surface area contributed by atoms with Gasteiger partial charge >= 0.3 is 6.61 Å². The molecule has 1 aromatic carbocycles. The Morgan fingerprint density at radius 1 is 1.28 bits per heavy atom. The van der Waals surface area contributed by atoms with E-state index in [1.807, 2.05) is 0 Å². The van der Waals surface area contributed by atoms with Gasteiger partial charge < -0.3 is 30.0 Å². The van der Waals surface area contributed by atoms with Crippen molar-refractivity contribution in [2.75, 3.05) is 26.9 Å². The molecule has 5 rings (SSSR count). The number of nitrogens with zero attached hydrogens (tertiary/aromatic N) is 2. The zero-order chi connectivity index (χ0) is 25.2. The maximum atomic E-state index is 13.2. The number of nitrogens with one attached hydrogen (secondary N) is 1. The van der Waals surface area contributed by atoms with Gasteiger partial charge in [0.05, 0.1) is 25.6 Å². The fourth-order valence-corrected chi connectivity index (χ4v) is 4.28. The van der Waals surface area contributed by atoms with Gasteiger partial charge in [-0.1, -0.05) is 0 Å². The molecule has 0 spiro atoms. The first-order valence-electron chi connectivity index (χ1n) is 11.8. The fourth-order valence-electron chi connectivity index (χ4n) is 4.28. The third-order valence-electron chi connectivity index (χ3n) is 6.43. The van der Waals surface area contributed by atoms with Crippen LogP contribution in [0.5, 0.6) is 17.2 Å². The summed E-state index contributed by atoms with van der Waals surface area (Å²) in [6.45, 7) is -1.38. The Labute approximate surface area is 206 Å². The summed E-state index contributed by atoms with van der Waals surface area (Å²) in [5.41, 5.74) is 7.84. The van der Waals surface area contributed by atoms with Gasteiger partial charge in [-0.25, -0.2) is 4.98 Å². The van der Waals surface area contributed by atoms with Crippen molar-refractivity contribution in [1.29, 1.82) is 0 Å². The summed E-state index contributed by atoms with van der Waals surface area (Å²) < 4.78 is 49.6. The molecule has 2 aromatic heterocycles. The first kappa shape index (κ1) is 24.3. The molecule has 11 heteroatoms. The number of hydrogen-bond acceptors (Lipinski definition) is 7. The largest absolute Gasteiger partial charge is 0.496 e. The third kappa shape index (κ3) is 5.21. The molecule has 1 aliphatic carbocycles. The minimum Gasteiger partial charge on any atom is -0.496 e. The van der Waals surface area contributed by atoms with Gasteiger partial charge in [0.15, 0.2) is 0 Å². The molecule has 2 unspecified atom stereocenters. The van der Waals surface area contributed by atoms with Crippen LogP contribution in [0.1, 0.15) is 29.6 Å². The average Bonchev–Trinajstić information content (AvgIpc) is 3.32. The fraction of sp³-hybridized carbons (Fsp3) is 0.440. The summed E-state index contributed by atoms with van der Waals surface area (Å²) in [7, 11) is 1.37. The Bertz CT molecular complexity index is 1240. The van der Waals surface area contributed by atoms with E-state index in [-0.39, 0.29) is 35.1 Å². The van der Waals surface area contributed by atoms with Crippen molar-refractivity contribution in [1.82, 2.24) is 14.7 Å². The van der Waals surface area contributed by atoms with Gasteiger partial charge in [0.25, 0.3) is 5.91 Å². The Morgan fingerprint density at radius 2 is 2.08 bits per heavy atom. The van der Waals surface area contributed by atoms with Gasteiger partial charge in [0, 0.05) is 42.4 Å². The van der Waals surface area contributed by atoms with Crippen LogP contribution in [-0.4, -0.2) is 60.9 Å². The topological polar surface area (TPSA) is 109 Å². The molecule has 9 nitrogen and oxygen atoms in total.